The highest BCUT2D eigenvalue weighted by Gasteiger charge is 2.13. The first-order chi connectivity index (χ1) is 13.4. The van der Waals surface area contributed by atoms with Crippen LogP contribution in [-0.4, -0.2) is 33.9 Å². The Morgan fingerprint density at radius 1 is 1.21 bits per heavy atom. The third-order valence-electron chi connectivity index (χ3n) is 4.57. The smallest absolute Gasteiger partial charge is 0.258 e. The van der Waals surface area contributed by atoms with Crippen LogP contribution in [0.2, 0.25) is 5.02 Å². The molecular formula is C21H23ClN4O2. The van der Waals surface area contributed by atoms with E-state index in [9.17, 15) is 9.59 Å². The van der Waals surface area contributed by atoms with Crippen LogP contribution in [0.4, 0.5) is 5.69 Å². The number of anilines is 1. The number of hydrogen-bond acceptors (Lipinski definition) is 4. The Bertz CT molecular complexity index is 1080. The summed E-state index contributed by atoms with van der Waals surface area (Å²) in [6.07, 6.45) is 0. The molecule has 1 aromatic heterocycles. The zero-order valence-corrected chi connectivity index (χ0v) is 16.9. The fourth-order valence-corrected chi connectivity index (χ4v) is 3.16. The number of carbonyl (C=O) groups excluding carboxylic acids is 1. The number of hydrogen-bond donors (Lipinski definition) is 2. The van der Waals surface area contributed by atoms with Crippen molar-refractivity contribution in [1.82, 2.24) is 14.9 Å². The Kier molecular flexibility index (Phi) is 6.11. The van der Waals surface area contributed by atoms with Crippen LogP contribution >= 0.6 is 11.6 Å². The monoisotopic (exact) mass is 398 g/mol. The number of benzene rings is 2. The highest BCUT2D eigenvalue weighted by Crippen LogP contribution is 2.17. The van der Waals surface area contributed by atoms with Crippen LogP contribution in [0.1, 0.15) is 23.9 Å². The van der Waals surface area contributed by atoms with E-state index in [-0.39, 0.29) is 18.0 Å². The fourth-order valence-electron chi connectivity index (χ4n) is 2.99. The quantitative estimate of drug-likeness (QED) is 0.664. The van der Waals surface area contributed by atoms with Gasteiger partial charge in [-0.25, -0.2) is 4.98 Å². The Balaban J connectivity index is 1.73. The van der Waals surface area contributed by atoms with E-state index in [1.165, 1.54) is 0 Å². The number of H-pyrrole nitrogens is 1. The van der Waals surface area contributed by atoms with E-state index in [2.05, 4.69) is 15.3 Å². The summed E-state index contributed by atoms with van der Waals surface area (Å²) in [5.41, 5.74) is 3.24. The lowest BCUT2D eigenvalue weighted by molar-refractivity contribution is -0.117. The molecule has 0 aliphatic rings. The Hall–Kier alpha value is -2.70. The highest BCUT2D eigenvalue weighted by molar-refractivity contribution is 6.31. The molecular weight excluding hydrogens is 376 g/mol. The molecule has 0 saturated heterocycles. The minimum atomic E-state index is -0.215. The van der Waals surface area contributed by atoms with Crippen molar-refractivity contribution in [2.45, 2.75) is 27.3 Å². The van der Waals surface area contributed by atoms with Gasteiger partial charge in [-0.15, -0.1) is 0 Å². The molecule has 3 rings (SSSR count). The molecule has 2 aromatic carbocycles. The van der Waals surface area contributed by atoms with Crippen LogP contribution in [0.15, 0.2) is 41.2 Å². The molecule has 6 nitrogen and oxygen atoms in total. The summed E-state index contributed by atoms with van der Waals surface area (Å²) in [7, 11) is 0. The number of fused-ring (bicyclic) bond motifs is 1. The second-order valence-corrected chi connectivity index (χ2v) is 7.28. The first-order valence-electron chi connectivity index (χ1n) is 9.13. The predicted octanol–water partition coefficient (Wildman–Crippen LogP) is 3.65. The average Bonchev–Trinajstić information content (AvgIpc) is 2.63. The van der Waals surface area contributed by atoms with Crippen molar-refractivity contribution in [2.75, 3.05) is 18.4 Å². The number of halogens is 1. The number of aromatic nitrogens is 2. The van der Waals surface area contributed by atoms with Gasteiger partial charge in [0.1, 0.15) is 5.82 Å². The molecule has 0 spiro atoms. The number of rotatable bonds is 6. The number of carbonyl (C=O) groups is 1. The first kappa shape index (κ1) is 20.0. The van der Waals surface area contributed by atoms with Crippen molar-refractivity contribution < 1.29 is 4.79 Å². The molecule has 146 valence electrons. The topological polar surface area (TPSA) is 78.1 Å². The third kappa shape index (κ3) is 4.77. The van der Waals surface area contributed by atoms with Crippen molar-refractivity contribution in [3.05, 3.63) is 68.7 Å². The summed E-state index contributed by atoms with van der Waals surface area (Å²) in [4.78, 5) is 34.0. The first-order valence-corrected chi connectivity index (χ1v) is 9.51. The number of aryl methyl sites for hydroxylation is 2. The van der Waals surface area contributed by atoms with Gasteiger partial charge in [-0.1, -0.05) is 30.7 Å². The zero-order valence-electron chi connectivity index (χ0n) is 16.2. The molecule has 7 heteroatoms. The van der Waals surface area contributed by atoms with Gasteiger partial charge < -0.3 is 10.3 Å². The summed E-state index contributed by atoms with van der Waals surface area (Å²) in [5.74, 6) is 0.392. The molecule has 0 aliphatic heterocycles. The summed E-state index contributed by atoms with van der Waals surface area (Å²) in [6.45, 7) is 7.09. The van der Waals surface area contributed by atoms with Crippen LogP contribution in [0.5, 0.6) is 0 Å². The molecule has 0 aliphatic carbocycles. The summed E-state index contributed by atoms with van der Waals surface area (Å²) in [6, 6.07) is 10.9. The van der Waals surface area contributed by atoms with Gasteiger partial charge in [0.15, 0.2) is 0 Å². The van der Waals surface area contributed by atoms with E-state index < -0.39 is 0 Å². The van der Waals surface area contributed by atoms with E-state index in [0.29, 0.717) is 34.8 Å². The van der Waals surface area contributed by atoms with Crippen LogP contribution in [0.25, 0.3) is 10.9 Å². The van der Waals surface area contributed by atoms with Crippen molar-refractivity contribution >= 4 is 34.1 Å². The fraction of sp³-hybridized carbons (Fsp3) is 0.286. The van der Waals surface area contributed by atoms with Crippen molar-refractivity contribution in [1.29, 1.82) is 0 Å². The second kappa shape index (κ2) is 8.54. The number of nitrogens with zero attached hydrogens (tertiary/aromatic N) is 2. The summed E-state index contributed by atoms with van der Waals surface area (Å²) in [5, 5.41) is 3.97. The minimum absolute atomic E-state index is 0.110. The molecule has 0 radical (unpaired) electrons. The Labute approximate surface area is 168 Å². The van der Waals surface area contributed by atoms with Gasteiger partial charge in [-0.3, -0.25) is 14.5 Å². The van der Waals surface area contributed by atoms with E-state index in [1.54, 1.807) is 18.2 Å². The van der Waals surface area contributed by atoms with Gasteiger partial charge in [-0.2, -0.15) is 0 Å². The van der Waals surface area contributed by atoms with E-state index in [0.717, 1.165) is 16.8 Å². The van der Waals surface area contributed by atoms with Crippen molar-refractivity contribution in [3.63, 3.8) is 0 Å². The molecule has 0 unspecified atom stereocenters. The maximum absolute atomic E-state index is 12.5. The predicted molar refractivity (Wildman–Crippen MR) is 113 cm³/mol. The maximum Gasteiger partial charge on any atom is 0.258 e. The summed E-state index contributed by atoms with van der Waals surface area (Å²) >= 11 is 6.01. The standard InChI is InChI=1S/C21H23ClN4O2/c1-4-26(12-20(27)24-17-9-13(2)5-6-14(17)3)11-19-23-18-10-15(22)7-8-16(18)21(28)25-19/h5-10H,4,11-12H2,1-3H3,(H,24,27)(H,23,25,28). The van der Waals surface area contributed by atoms with E-state index in [1.807, 2.05) is 43.9 Å². The molecule has 0 saturated carbocycles. The normalized spacial score (nSPS) is 11.2. The summed E-state index contributed by atoms with van der Waals surface area (Å²) < 4.78 is 0. The molecule has 1 amide bonds. The van der Waals surface area contributed by atoms with E-state index >= 15 is 0 Å². The lowest BCUT2D eigenvalue weighted by Crippen LogP contribution is -2.34. The largest absolute Gasteiger partial charge is 0.325 e. The van der Waals surface area contributed by atoms with Crippen molar-refractivity contribution in [2.24, 2.45) is 0 Å². The number of aromatic amines is 1. The van der Waals surface area contributed by atoms with Gasteiger partial charge in [-0.05, 0) is 55.8 Å². The molecule has 0 bridgehead atoms. The van der Waals surface area contributed by atoms with Gasteiger partial charge in [0.25, 0.3) is 5.56 Å². The average molecular weight is 399 g/mol. The van der Waals surface area contributed by atoms with Gasteiger partial charge in [0.05, 0.1) is 24.0 Å². The lowest BCUT2D eigenvalue weighted by atomic mass is 10.1. The second-order valence-electron chi connectivity index (χ2n) is 6.84. The molecule has 0 fully saturated rings. The van der Waals surface area contributed by atoms with Crippen LogP contribution in [-0.2, 0) is 11.3 Å². The zero-order chi connectivity index (χ0) is 20.3. The van der Waals surface area contributed by atoms with Gasteiger partial charge in [0.2, 0.25) is 5.91 Å². The Morgan fingerprint density at radius 2 is 2.00 bits per heavy atom. The SMILES string of the molecule is CCN(CC(=O)Nc1cc(C)ccc1C)Cc1nc2cc(Cl)ccc2c(=O)[nH]1. The number of amides is 1. The minimum Gasteiger partial charge on any atom is -0.325 e. The third-order valence-corrected chi connectivity index (χ3v) is 4.81. The molecule has 28 heavy (non-hydrogen) atoms. The van der Waals surface area contributed by atoms with Gasteiger partial charge >= 0.3 is 0 Å². The number of nitrogens with one attached hydrogen (secondary N) is 2. The van der Waals surface area contributed by atoms with Crippen molar-refractivity contribution in [3.8, 4) is 0 Å². The lowest BCUT2D eigenvalue weighted by Gasteiger charge is -2.20. The molecule has 2 N–H and O–H groups in total. The Morgan fingerprint density at radius 3 is 2.75 bits per heavy atom. The maximum atomic E-state index is 12.5. The van der Waals surface area contributed by atoms with Crippen LogP contribution < -0.4 is 10.9 Å². The molecule has 3 aromatic rings. The highest BCUT2D eigenvalue weighted by atomic mass is 35.5. The molecule has 0 atom stereocenters. The van der Waals surface area contributed by atoms with Gasteiger partial charge in [0, 0.05) is 10.7 Å². The van der Waals surface area contributed by atoms with Crippen LogP contribution in [0, 0.1) is 13.8 Å². The van der Waals surface area contributed by atoms with E-state index in [4.69, 9.17) is 11.6 Å². The van der Waals surface area contributed by atoms with Crippen LogP contribution in [0.3, 0.4) is 0 Å². The molecule has 1 heterocycles. The number of likely N-dealkylation sites (N-methyl/N-ethyl adjacent to an activating group) is 1.